The van der Waals surface area contributed by atoms with Crippen LogP contribution in [0.4, 0.5) is 0 Å². The van der Waals surface area contributed by atoms with Crippen molar-refractivity contribution in [2.24, 2.45) is 5.73 Å². The lowest BCUT2D eigenvalue weighted by molar-refractivity contribution is 0.377. The molecular weight excluding hydrogens is 158 g/mol. The molecule has 0 rings (SSSR count). The minimum Gasteiger partial charge on any atom is -0.325 e. The van der Waals surface area contributed by atoms with Crippen molar-refractivity contribution < 1.29 is 0 Å². The van der Waals surface area contributed by atoms with E-state index in [0.717, 1.165) is 0 Å². The first-order valence-corrected chi connectivity index (χ1v) is 5.91. The SMILES string of the molecule is CCCCCCCC(C)(N)CCC. The summed E-state index contributed by atoms with van der Waals surface area (Å²) in [5.41, 5.74) is 6.24. The second-order valence-electron chi connectivity index (χ2n) is 4.57. The van der Waals surface area contributed by atoms with Gasteiger partial charge in [0, 0.05) is 5.54 Å². The van der Waals surface area contributed by atoms with Crippen LogP contribution in [0.3, 0.4) is 0 Å². The van der Waals surface area contributed by atoms with Crippen molar-refractivity contribution >= 4 is 0 Å². The highest BCUT2D eigenvalue weighted by Crippen LogP contribution is 2.17. The molecule has 80 valence electrons. The molecule has 0 saturated carbocycles. The zero-order valence-electron chi connectivity index (χ0n) is 9.73. The molecule has 0 aliphatic heterocycles. The number of hydrogen-bond acceptors (Lipinski definition) is 1. The van der Waals surface area contributed by atoms with Gasteiger partial charge in [0.15, 0.2) is 0 Å². The summed E-state index contributed by atoms with van der Waals surface area (Å²) in [6.07, 6.45) is 10.4. The first-order chi connectivity index (χ1) is 6.12. The molecule has 0 amide bonds. The minimum atomic E-state index is 0.0982. The molecule has 0 heterocycles. The molecule has 0 saturated heterocycles. The summed E-state index contributed by atoms with van der Waals surface area (Å²) in [6.45, 7) is 6.66. The molecule has 0 aliphatic rings. The number of nitrogens with two attached hydrogens (primary N) is 1. The van der Waals surface area contributed by atoms with Gasteiger partial charge in [-0.25, -0.2) is 0 Å². The number of rotatable bonds is 8. The lowest BCUT2D eigenvalue weighted by Crippen LogP contribution is -2.35. The summed E-state index contributed by atoms with van der Waals surface area (Å²) in [4.78, 5) is 0. The quantitative estimate of drug-likeness (QED) is 0.571. The first-order valence-electron chi connectivity index (χ1n) is 5.91. The van der Waals surface area contributed by atoms with Crippen LogP contribution in [0, 0.1) is 0 Å². The van der Waals surface area contributed by atoms with E-state index in [1.807, 2.05) is 0 Å². The summed E-state index contributed by atoms with van der Waals surface area (Å²) in [7, 11) is 0. The van der Waals surface area contributed by atoms with Gasteiger partial charge in [-0.2, -0.15) is 0 Å². The molecule has 0 spiro atoms. The van der Waals surface area contributed by atoms with Gasteiger partial charge in [-0.05, 0) is 19.8 Å². The van der Waals surface area contributed by atoms with Gasteiger partial charge >= 0.3 is 0 Å². The average Bonchev–Trinajstić information content (AvgIpc) is 2.04. The van der Waals surface area contributed by atoms with Gasteiger partial charge in [-0.15, -0.1) is 0 Å². The molecule has 0 aliphatic carbocycles. The molecule has 0 aromatic heterocycles. The van der Waals surface area contributed by atoms with E-state index in [-0.39, 0.29) is 5.54 Å². The molecule has 0 fully saturated rings. The van der Waals surface area contributed by atoms with E-state index in [2.05, 4.69) is 20.8 Å². The van der Waals surface area contributed by atoms with E-state index in [4.69, 9.17) is 5.73 Å². The van der Waals surface area contributed by atoms with Crippen molar-refractivity contribution in [3.8, 4) is 0 Å². The molecule has 13 heavy (non-hydrogen) atoms. The monoisotopic (exact) mass is 185 g/mol. The van der Waals surface area contributed by atoms with Crippen LogP contribution in [0.1, 0.15) is 72.1 Å². The van der Waals surface area contributed by atoms with Gasteiger partial charge in [0.1, 0.15) is 0 Å². The van der Waals surface area contributed by atoms with E-state index in [0.29, 0.717) is 0 Å². The molecule has 0 aromatic carbocycles. The van der Waals surface area contributed by atoms with Crippen molar-refractivity contribution in [3.05, 3.63) is 0 Å². The Labute approximate surface area is 84.1 Å². The second kappa shape index (κ2) is 7.37. The third-order valence-electron chi connectivity index (χ3n) is 2.67. The molecule has 1 heteroatoms. The van der Waals surface area contributed by atoms with Gasteiger partial charge in [0.2, 0.25) is 0 Å². The van der Waals surface area contributed by atoms with Crippen LogP contribution in [-0.2, 0) is 0 Å². The minimum absolute atomic E-state index is 0.0982. The zero-order chi connectivity index (χ0) is 10.2. The fourth-order valence-electron chi connectivity index (χ4n) is 1.83. The third-order valence-corrected chi connectivity index (χ3v) is 2.67. The smallest absolute Gasteiger partial charge is 0.0125 e. The van der Waals surface area contributed by atoms with E-state index in [1.165, 1.54) is 51.4 Å². The Morgan fingerprint density at radius 3 is 2.00 bits per heavy atom. The fraction of sp³-hybridized carbons (Fsp3) is 1.00. The Morgan fingerprint density at radius 1 is 0.846 bits per heavy atom. The first kappa shape index (κ1) is 13.0. The Morgan fingerprint density at radius 2 is 1.46 bits per heavy atom. The molecule has 2 N–H and O–H groups in total. The Hall–Kier alpha value is -0.0400. The van der Waals surface area contributed by atoms with Crippen molar-refractivity contribution in [1.82, 2.24) is 0 Å². The lowest BCUT2D eigenvalue weighted by atomic mass is 9.91. The molecule has 0 aromatic rings. The van der Waals surface area contributed by atoms with Crippen LogP contribution < -0.4 is 5.73 Å². The predicted octanol–water partition coefficient (Wildman–Crippen LogP) is 3.86. The number of unbranched alkanes of at least 4 members (excludes halogenated alkanes) is 4. The summed E-state index contributed by atoms with van der Waals surface area (Å²) < 4.78 is 0. The van der Waals surface area contributed by atoms with Crippen LogP contribution in [0.2, 0.25) is 0 Å². The average molecular weight is 185 g/mol. The largest absolute Gasteiger partial charge is 0.325 e. The van der Waals surface area contributed by atoms with Crippen LogP contribution in [-0.4, -0.2) is 5.54 Å². The van der Waals surface area contributed by atoms with Gasteiger partial charge in [-0.1, -0.05) is 52.4 Å². The van der Waals surface area contributed by atoms with Gasteiger partial charge in [0.25, 0.3) is 0 Å². The van der Waals surface area contributed by atoms with Crippen molar-refractivity contribution in [3.63, 3.8) is 0 Å². The highest BCUT2D eigenvalue weighted by Gasteiger charge is 2.15. The third kappa shape index (κ3) is 8.29. The number of hydrogen-bond donors (Lipinski definition) is 1. The van der Waals surface area contributed by atoms with E-state index >= 15 is 0 Å². The van der Waals surface area contributed by atoms with Crippen LogP contribution in [0.5, 0.6) is 0 Å². The van der Waals surface area contributed by atoms with Crippen LogP contribution >= 0.6 is 0 Å². The van der Waals surface area contributed by atoms with Crippen molar-refractivity contribution in [2.45, 2.75) is 77.7 Å². The Balaban J connectivity index is 3.29. The molecule has 1 unspecified atom stereocenters. The Kier molecular flexibility index (Phi) is 7.35. The normalized spacial score (nSPS) is 15.7. The van der Waals surface area contributed by atoms with Gasteiger partial charge in [0.05, 0.1) is 0 Å². The van der Waals surface area contributed by atoms with E-state index in [1.54, 1.807) is 0 Å². The highest BCUT2D eigenvalue weighted by atomic mass is 14.7. The fourth-order valence-corrected chi connectivity index (χ4v) is 1.83. The molecule has 0 radical (unpaired) electrons. The summed E-state index contributed by atoms with van der Waals surface area (Å²) in [5.74, 6) is 0. The molecule has 1 atom stereocenters. The maximum absolute atomic E-state index is 6.14. The lowest BCUT2D eigenvalue weighted by Gasteiger charge is -2.23. The summed E-state index contributed by atoms with van der Waals surface area (Å²) in [6, 6.07) is 0. The standard InChI is InChI=1S/C12H27N/c1-4-6-7-8-9-11-12(3,13)10-5-2/h4-11,13H2,1-3H3. The topological polar surface area (TPSA) is 26.0 Å². The highest BCUT2D eigenvalue weighted by molar-refractivity contribution is 4.77. The van der Waals surface area contributed by atoms with E-state index < -0.39 is 0 Å². The molecule has 1 nitrogen and oxygen atoms in total. The summed E-state index contributed by atoms with van der Waals surface area (Å²) >= 11 is 0. The van der Waals surface area contributed by atoms with Crippen LogP contribution in [0.15, 0.2) is 0 Å². The maximum Gasteiger partial charge on any atom is 0.0125 e. The molecular formula is C12H27N. The Bertz CT molecular complexity index is 108. The maximum atomic E-state index is 6.14. The predicted molar refractivity (Wildman–Crippen MR) is 60.9 cm³/mol. The van der Waals surface area contributed by atoms with Gasteiger partial charge < -0.3 is 5.73 Å². The van der Waals surface area contributed by atoms with Crippen molar-refractivity contribution in [1.29, 1.82) is 0 Å². The van der Waals surface area contributed by atoms with Crippen molar-refractivity contribution in [2.75, 3.05) is 0 Å². The molecule has 0 bridgehead atoms. The van der Waals surface area contributed by atoms with Gasteiger partial charge in [-0.3, -0.25) is 0 Å². The summed E-state index contributed by atoms with van der Waals surface area (Å²) in [5, 5.41) is 0. The van der Waals surface area contributed by atoms with E-state index in [9.17, 15) is 0 Å². The second-order valence-corrected chi connectivity index (χ2v) is 4.57. The van der Waals surface area contributed by atoms with Crippen LogP contribution in [0.25, 0.3) is 0 Å². The zero-order valence-corrected chi connectivity index (χ0v) is 9.73.